The van der Waals surface area contributed by atoms with Gasteiger partial charge in [-0.15, -0.1) is 0 Å². The lowest BCUT2D eigenvalue weighted by Gasteiger charge is -2.31. The van der Waals surface area contributed by atoms with Crippen LogP contribution < -0.4 is 49.1 Å². The summed E-state index contributed by atoms with van der Waals surface area (Å²) in [4.78, 5) is 153. The lowest BCUT2D eigenvalue weighted by molar-refractivity contribution is -0.143. The number of phosphoric ester groups is 1. The molecule has 0 aromatic carbocycles. The Morgan fingerprint density at radius 2 is 1.18 bits per heavy atom. The monoisotopic (exact) mass is 993 g/mol. The van der Waals surface area contributed by atoms with E-state index in [1.54, 1.807) is 13.8 Å². The number of carbonyl (C=O) groups excluding carboxylic acids is 7. The maximum absolute atomic E-state index is 13.9. The van der Waals surface area contributed by atoms with Gasteiger partial charge in [-0.3, -0.25) is 52.7 Å². The molecule has 7 amide bonds. The molecule has 1 heterocycles. The molecule has 1 saturated heterocycles. The van der Waals surface area contributed by atoms with E-state index in [1.165, 1.54) is 6.92 Å². The first-order valence-electron chi connectivity index (χ1n) is 21.8. The Morgan fingerprint density at radius 1 is 0.676 bits per heavy atom. The minimum absolute atomic E-state index is 0.0257. The summed E-state index contributed by atoms with van der Waals surface area (Å²) in [6, 6.07) is -11.8. The van der Waals surface area contributed by atoms with Crippen LogP contribution in [0.4, 0.5) is 0 Å². The van der Waals surface area contributed by atoms with Crippen LogP contribution in [0, 0.1) is 11.8 Å². The average molecular weight is 994 g/mol. The summed E-state index contributed by atoms with van der Waals surface area (Å²) in [7, 11) is -5.24. The van der Waals surface area contributed by atoms with E-state index in [1.807, 2.05) is 13.8 Å². The highest BCUT2D eigenvalue weighted by molar-refractivity contribution is 7.46. The highest BCUT2D eigenvalue weighted by Crippen LogP contribution is 2.36. The molecule has 17 N–H and O–H groups in total. The van der Waals surface area contributed by atoms with Crippen molar-refractivity contribution < 1.29 is 82.1 Å². The Balaban J connectivity index is 3.38. The van der Waals surface area contributed by atoms with E-state index >= 15 is 0 Å². The number of carboxylic acids is 3. The summed E-state index contributed by atoms with van der Waals surface area (Å²) >= 11 is 0. The molecule has 0 spiro atoms. The molecule has 1 aliphatic heterocycles. The summed E-state index contributed by atoms with van der Waals surface area (Å²) in [5, 5.41) is 42.6. The predicted octanol–water partition coefficient (Wildman–Crippen LogP) is -3.70. The molecule has 29 heteroatoms. The third-order valence-electron chi connectivity index (χ3n) is 10.1. The van der Waals surface area contributed by atoms with Gasteiger partial charge in [0, 0.05) is 25.9 Å². The van der Waals surface area contributed by atoms with E-state index in [9.17, 15) is 77.6 Å². The molecule has 8 atom stereocenters. The fraction of sp³-hybridized carbons (Fsp3) is 0.718. The van der Waals surface area contributed by atoms with Crippen LogP contribution in [0.5, 0.6) is 0 Å². The summed E-state index contributed by atoms with van der Waals surface area (Å²) in [5.74, 6) is -11.6. The standard InChI is InChI=1S/C39H68N11O17P/c1-19(2)16-22(40)32(56)44-21(5)31(55)49-27(18-67-68(64,65)66)37(61)50-15-7-9-28(50)36(60)46-24(11-13-30(53)54)34(58)48-26(17-20(3)4)35(59)45-23(10-12-29(51)52)33(57)47-25(38(62)63)8-6-14-43-39(41)42/h19-28H,6-18,40H2,1-5H3,(H,44,56)(H,45,59)(H,46,60)(H,47,57)(H,48,58)(H,49,55)(H,51,52)(H,53,54)(H,62,63)(H4,41,42,43)(H2,64,65,66)/t21-,22-,23-,24-,25-,26-,27-,28-/m0/s1. The van der Waals surface area contributed by atoms with Crippen LogP contribution >= 0.6 is 7.82 Å². The molecular weight excluding hydrogens is 925 g/mol. The predicted molar refractivity (Wildman–Crippen MR) is 238 cm³/mol. The van der Waals surface area contributed by atoms with E-state index < -0.39 is 148 Å². The molecule has 0 bridgehead atoms. The van der Waals surface area contributed by atoms with Crippen molar-refractivity contribution in [3.8, 4) is 0 Å². The molecule has 28 nitrogen and oxygen atoms in total. The SMILES string of the molecule is CC(C)C[C@H](NC(=O)[C@H](CCC(=O)O)NC(=O)[C@@H]1CCCN1C(=O)[C@H](COP(=O)(O)O)NC(=O)[C@H](C)NC(=O)[C@@H](N)CC(C)C)C(=O)N[C@@H](CCC(=O)O)C(=O)N[C@@H](CCCN=C(N)N)C(=O)O. The van der Waals surface area contributed by atoms with E-state index in [2.05, 4.69) is 41.4 Å². The van der Waals surface area contributed by atoms with Gasteiger partial charge >= 0.3 is 25.7 Å². The van der Waals surface area contributed by atoms with Gasteiger partial charge in [0.1, 0.15) is 42.3 Å². The number of nitrogens with one attached hydrogen (secondary N) is 6. The second-order valence-corrected chi connectivity index (χ2v) is 18.3. The zero-order valence-corrected chi connectivity index (χ0v) is 39.6. The van der Waals surface area contributed by atoms with Crippen LogP contribution in [0.25, 0.3) is 0 Å². The van der Waals surface area contributed by atoms with Crippen LogP contribution in [0.1, 0.15) is 98.8 Å². The second-order valence-electron chi connectivity index (χ2n) is 17.0. The van der Waals surface area contributed by atoms with Crippen molar-refractivity contribution >= 4 is 73.0 Å². The first kappa shape index (κ1) is 60.1. The van der Waals surface area contributed by atoms with E-state index in [0.29, 0.717) is 0 Å². The average Bonchev–Trinajstić information content (AvgIpc) is 3.72. The second kappa shape index (κ2) is 29.0. The van der Waals surface area contributed by atoms with Gasteiger partial charge < -0.3 is 79.1 Å². The Morgan fingerprint density at radius 3 is 1.68 bits per heavy atom. The summed E-state index contributed by atoms with van der Waals surface area (Å²) in [6.45, 7) is 7.03. The summed E-state index contributed by atoms with van der Waals surface area (Å²) in [5.41, 5.74) is 16.5. The van der Waals surface area contributed by atoms with Crippen molar-refractivity contribution in [1.29, 1.82) is 0 Å². The van der Waals surface area contributed by atoms with Gasteiger partial charge in [0.15, 0.2) is 5.96 Å². The maximum atomic E-state index is 13.9. The number of hydrogen-bond acceptors (Lipinski definition) is 14. The number of phosphoric acid groups is 1. The van der Waals surface area contributed by atoms with Gasteiger partial charge in [-0.05, 0) is 70.1 Å². The number of aliphatic imine (C=N–C) groups is 1. The Kier molecular flexibility index (Phi) is 25.7. The van der Waals surface area contributed by atoms with Crippen LogP contribution in [-0.2, 0) is 57.0 Å². The summed E-state index contributed by atoms with van der Waals surface area (Å²) in [6.07, 6.45) is -2.14. The molecule has 0 saturated carbocycles. The normalized spacial score (nSPS) is 16.7. The molecule has 0 aromatic heterocycles. The molecule has 68 heavy (non-hydrogen) atoms. The van der Waals surface area contributed by atoms with Crippen molar-refractivity contribution in [1.82, 2.24) is 36.8 Å². The zero-order chi connectivity index (χ0) is 52.1. The number of guanidine groups is 1. The molecule has 0 radical (unpaired) electrons. The van der Waals surface area contributed by atoms with Crippen LogP contribution in [0.2, 0.25) is 0 Å². The fourth-order valence-electron chi connectivity index (χ4n) is 6.77. The number of rotatable bonds is 31. The molecule has 1 fully saturated rings. The number of likely N-dealkylation sites (tertiary alicyclic amines) is 1. The van der Waals surface area contributed by atoms with Crippen LogP contribution in [-0.4, -0.2) is 163 Å². The number of amides is 7. The molecule has 1 rings (SSSR count). The summed E-state index contributed by atoms with van der Waals surface area (Å²) < 4.78 is 16.2. The fourth-order valence-corrected chi connectivity index (χ4v) is 7.11. The number of hydrogen-bond donors (Lipinski definition) is 14. The van der Waals surface area contributed by atoms with E-state index in [0.717, 1.165) is 4.90 Å². The lowest BCUT2D eigenvalue weighted by Crippen LogP contribution is -2.60. The van der Waals surface area contributed by atoms with Crippen molar-refractivity contribution in [3.63, 3.8) is 0 Å². The van der Waals surface area contributed by atoms with Gasteiger partial charge in [-0.25, -0.2) is 9.36 Å². The zero-order valence-electron chi connectivity index (χ0n) is 38.7. The first-order chi connectivity index (χ1) is 31.5. The van der Waals surface area contributed by atoms with Crippen molar-refractivity contribution in [2.45, 2.75) is 147 Å². The topological polar surface area (TPSA) is 464 Å². The van der Waals surface area contributed by atoms with E-state index in [-0.39, 0.29) is 69.4 Å². The smallest absolute Gasteiger partial charge is 0.469 e. The van der Waals surface area contributed by atoms with Crippen LogP contribution in [0.3, 0.4) is 0 Å². The number of nitrogens with zero attached hydrogens (tertiary/aromatic N) is 2. The molecule has 386 valence electrons. The third kappa shape index (κ3) is 23.2. The molecule has 0 unspecified atom stereocenters. The van der Waals surface area contributed by atoms with Crippen molar-refractivity contribution in [2.24, 2.45) is 34.0 Å². The number of aliphatic carboxylic acids is 3. The lowest BCUT2D eigenvalue weighted by atomic mass is 10.0. The van der Waals surface area contributed by atoms with Gasteiger partial charge in [0.2, 0.25) is 41.4 Å². The number of carbonyl (C=O) groups is 10. The Bertz CT molecular complexity index is 1880. The van der Waals surface area contributed by atoms with Gasteiger partial charge in [0.05, 0.1) is 12.6 Å². The first-order valence-corrected chi connectivity index (χ1v) is 23.4. The molecule has 0 aromatic rings. The van der Waals surface area contributed by atoms with Crippen LogP contribution in [0.15, 0.2) is 4.99 Å². The number of carboxylic acid groups (broad SMARTS) is 3. The van der Waals surface area contributed by atoms with E-state index in [4.69, 9.17) is 17.2 Å². The Labute approximate surface area is 392 Å². The maximum Gasteiger partial charge on any atom is 0.469 e. The molecule has 0 aliphatic carbocycles. The molecular formula is C39H68N11O17P. The highest BCUT2D eigenvalue weighted by atomic mass is 31.2. The quantitative estimate of drug-likeness (QED) is 0.0138. The third-order valence-corrected chi connectivity index (χ3v) is 10.6. The minimum Gasteiger partial charge on any atom is -0.481 e. The minimum atomic E-state index is -5.24. The number of nitrogens with two attached hydrogens (primary N) is 3. The van der Waals surface area contributed by atoms with Gasteiger partial charge in [-0.2, -0.15) is 0 Å². The molecule has 1 aliphatic rings. The van der Waals surface area contributed by atoms with Crippen molar-refractivity contribution in [3.05, 3.63) is 0 Å². The van der Waals surface area contributed by atoms with Gasteiger partial charge in [-0.1, -0.05) is 27.7 Å². The highest BCUT2D eigenvalue weighted by Gasteiger charge is 2.41. The van der Waals surface area contributed by atoms with Crippen molar-refractivity contribution in [2.75, 3.05) is 19.7 Å². The Hall–Kier alpha value is -5.96. The largest absolute Gasteiger partial charge is 0.481 e. The van der Waals surface area contributed by atoms with Gasteiger partial charge in [0.25, 0.3) is 0 Å².